The summed E-state index contributed by atoms with van der Waals surface area (Å²) in [6.07, 6.45) is 6.51. The number of likely N-dealkylation sites (tertiary alicyclic amines) is 1. The van der Waals surface area contributed by atoms with Gasteiger partial charge in [-0.1, -0.05) is 13.3 Å². The van der Waals surface area contributed by atoms with Crippen molar-refractivity contribution in [1.82, 2.24) is 4.90 Å². The van der Waals surface area contributed by atoms with Gasteiger partial charge in [0.1, 0.15) is 5.00 Å². The van der Waals surface area contributed by atoms with Gasteiger partial charge in [-0.3, -0.25) is 9.69 Å². The monoisotopic (exact) mass is 350 g/mol. The highest BCUT2D eigenvalue weighted by Gasteiger charge is 2.29. The number of carbonyl (C=O) groups excluding carboxylic acids is 2. The fourth-order valence-corrected chi connectivity index (χ4v) is 5.06. The van der Waals surface area contributed by atoms with Crippen LogP contribution in [0.4, 0.5) is 5.00 Å². The molecule has 1 aliphatic heterocycles. The van der Waals surface area contributed by atoms with Crippen molar-refractivity contribution in [3.63, 3.8) is 0 Å². The number of thiophene rings is 1. The Labute approximate surface area is 147 Å². The van der Waals surface area contributed by atoms with Crippen LogP contribution in [0.25, 0.3) is 0 Å². The van der Waals surface area contributed by atoms with E-state index in [9.17, 15) is 9.59 Å². The van der Waals surface area contributed by atoms with Crippen molar-refractivity contribution in [2.45, 2.75) is 45.4 Å². The zero-order valence-electron chi connectivity index (χ0n) is 14.5. The number of esters is 1. The van der Waals surface area contributed by atoms with Gasteiger partial charge >= 0.3 is 5.97 Å². The number of hydrogen-bond donors (Lipinski definition) is 1. The number of amides is 1. The fourth-order valence-electron chi connectivity index (χ4n) is 3.64. The van der Waals surface area contributed by atoms with Crippen molar-refractivity contribution >= 4 is 28.2 Å². The van der Waals surface area contributed by atoms with Crippen molar-refractivity contribution in [2.75, 3.05) is 32.1 Å². The Morgan fingerprint density at radius 1 is 1.29 bits per heavy atom. The molecule has 0 aromatic carbocycles. The van der Waals surface area contributed by atoms with Crippen LogP contribution in [0.15, 0.2) is 0 Å². The van der Waals surface area contributed by atoms with Gasteiger partial charge in [0.05, 0.1) is 19.2 Å². The van der Waals surface area contributed by atoms with Gasteiger partial charge in [-0.05, 0) is 56.7 Å². The molecule has 6 heteroatoms. The summed E-state index contributed by atoms with van der Waals surface area (Å²) < 4.78 is 4.97. The van der Waals surface area contributed by atoms with Crippen LogP contribution in [0, 0.1) is 5.92 Å². The van der Waals surface area contributed by atoms with Crippen LogP contribution in [0.2, 0.25) is 0 Å². The highest BCUT2D eigenvalue weighted by molar-refractivity contribution is 7.17. The minimum Gasteiger partial charge on any atom is -0.465 e. The van der Waals surface area contributed by atoms with Gasteiger partial charge < -0.3 is 10.1 Å². The summed E-state index contributed by atoms with van der Waals surface area (Å²) in [5.41, 5.74) is 1.66. The Morgan fingerprint density at radius 2 is 2.04 bits per heavy atom. The van der Waals surface area contributed by atoms with Gasteiger partial charge in [0, 0.05) is 4.88 Å². The molecule has 1 saturated heterocycles. The molecule has 0 bridgehead atoms. The van der Waals surface area contributed by atoms with E-state index in [1.807, 2.05) is 0 Å². The van der Waals surface area contributed by atoms with Crippen LogP contribution < -0.4 is 5.32 Å². The normalized spacial score (nSPS) is 21.2. The maximum atomic E-state index is 12.4. The molecular formula is C18H26N2O3S. The summed E-state index contributed by atoms with van der Waals surface area (Å²) in [6.45, 7) is 4.60. The number of rotatable bonds is 4. The Hall–Kier alpha value is -1.40. The SMILES string of the molecule is COC(=O)c1c(NC(=O)CN2CCCCC2)sc2c1CC[C@@H](C)C2. The quantitative estimate of drug-likeness (QED) is 0.848. The van der Waals surface area contributed by atoms with E-state index in [0.29, 0.717) is 23.0 Å². The summed E-state index contributed by atoms with van der Waals surface area (Å²) >= 11 is 1.55. The average Bonchev–Trinajstić information content (AvgIpc) is 2.91. The van der Waals surface area contributed by atoms with E-state index in [-0.39, 0.29) is 11.9 Å². The molecular weight excluding hydrogens is 324 g/mol. The van der Waals surface area contributed by atoms with Gasteiger partial charge in [0.2, 0.25) is 5.91 Å². The molecule has 24 heavy (non-hydrogen) atoms. The first-order valence-electron chi connectivity index (χ1n) is 8.83. The molecule has 0 unspecified atom stereocenters. The standard InChI is InChI=1S/C18H26N2O3S/c1-12-6-7-13-14(10-12)24-17(16(13)18(22)23-2)19-15(21)11-20-8-4-3-5-9-20/h12H,3-11H2,1-2H3,(H,19,21)/t12-/m1/s1. The number of carbonyl (C=O) groups is 2. The van der Waals surface area contributed by atoms with Crippen molar-refractivity contribution in [3.05, 3.63) is 16.0 Å². The molecule has 0 saturated carbocycles. The van der Waals surface area contributed by atoms with Crippen LogP contribution in [0.1, 0.15) is 53.4 Å². The number of anilines is 1. The molecule has 2 heterocycles. The first kappa shape index (κ1) is 17.4. The summed E-state index contributed by atoms with van der Waals surface area (Å²) in [6, 6.07) is 0. The van der Waals surface area contributed by atoms with Gasteiger partial charge in [-0.15, -0.1) is 11.3 Å². The number of hydrogen-bond acceptors (Lipinski definition) is 5. The Kier molecular flexibility index (Phi) is 5.56. The van der Waals surface area contributed by atoms with E-state index in [0.717, 1.165) is 50.8 Å². The zero-order valence-corrected chi connectivity index (χ0v) is 15.3. The fraction of sp³-hybridized carbons (Fsp3) is 0.667. The van der Waals surface area contributed by atoms with Crippen LogP contribution in [0.5, 0.6) is 0 Å². The Morgan fingerprint density at radius 3 is 2.75 bits per heavy atom. The molecule has 1 aromatic heterocycles. The van der Waals surface area contributed by atoms with Crippen molar-refractivity contribution < 1.29 is 14.3 Å². The third-order valence-electron chi connectivity index (χ3n) is 4.97. The van der Waals surface area contributed by atoms with Crippen LogP contribution in [0.3, 0.4) is 0 Å². The van der Waals surface area contributed by atoms with Gasteiger partial charge in [-0.25, -0.2) is 4.79 Å². The predicted molar refractivity (Wildman–Crippen MR) is 95.8 cm³/mol. The molecule has 1 aliphatic carbocycles. The second-order valence-corrected chi connectivity index (χ2v) is 8.04. The number of nitrogens with zero attached hydrogens (tertiary/aromatic N) is 1. The van der Waals surface area contributed by atoms with Gasteiger partial charge in [-0.2, -0.15) is 0 Å². The molecule has 1 N–H and O–H groups in total. The third-order valence-corrected chi connectivity index (χ3v) is 6.14. The van der Waals surface area contributed by atoms with E-state index in [1.165, 1.54) is 18.4 Å². The molecule has 2 aliphatic rings. The van der Waals surface area contributed by atoms with Crippen LogP contribution >= 0.6 is 11.3 Å². The van der Waals surface area contributed by atoms with E-state index in [1.54, 1.807) is 11.3 Å². The minimum absolute atomic E-state index is 0.0336. The predicted octanol–water partition coefficient (Wildman–Crippen LogP) is 3.08. The maximum absolute atomic E-state index is 12.4. The number of methoxy groups -OCH3 is 1. The lowest BCUT2D eigenvalue weighted by Crippen LogP contribution is -2.36. The first-order valence-corrected chi connectivity index (χ1v) is 9.65. The molecule has 1 fully saturated rings. The second kappa shape index (κ2) is 7.66. The lowest BCUT2D eigenvalue weighted by molar-refractivity contribution is -0.117. The molecule has 1 aromatic rings. The van der Waals surface area contributed by atoms with Gasteiger partial charge in [0.25, 0.3) is 0 Å². The van der Waals surface area contributed by atoms with E-state index < -0.39 is 0 Å². The summed E-state index contributed by atoms with van der Waals surface area (Å²) in [5.74, 6) is 0.252. The minimum atomic E-state index is -0.338. The zero-order chi connectivity index (χ0) is 17.1. The molecule has 1 atom stereocenters. The van der Waals surface area contributed by atoms with Crippen LogP contribution in [-0.4, -0.2) is 43.5 Å². The Bertz CT molecular complexity index is 620. The lowest BCUT2D eigenvalue weighted by Gasteiger charge is -2.25. The van der Waals surface area contributed by atoms with E-state index >= 15 is 0 Å². The summed E-state index contributed by atoms with van der Waals surface area (Å²) in [7, 11) is 1.40. The largest absolute Gasteiger partial charge is 0.465 e. The van der Waals surface area contributed by atoms with E-state index in [4.69, 9.17) is 4.74 Å². The van der Waals surface area contributed by atoms with E-state index in [2.05, 4.69) is 17.1 Å². The number of fused-ring (bicyclic) bond motifs is 1. The van der Waals surface area contributed by atoms with Crippen molar-refractivity contribution in [2.24, 2.45) is 5.92 Å². The Balaban J connectivity index is 1.76. The highest BCUT2D eigenvalue weighted by Crippen LogP contribution is 2.40. The van der Waals surface area contributed by atoms with Crippen molar-refractivity contribution in [3.8, 4) is 0 Å². The summed E-state index contributed by atoms with van der Waals surface area (Å²) in [5, 5.41) is 3.65. The molecule has 1 amide bonds. The van der Waals surface area contributed by atoms with Crippen LogP contribution in [-0.2, 0) is 22.4 Å². The number of piperidine rings is 1. The third kappa shape index (κ3) is 3.81. The smallest absolute Gasteiger partial charge is 0.341 e. The average molecular weight is 350 g/mol. The van der Waals surface area contributed by atoms with Gasteiger partial charge in [0.15, 0.2) is 0 Å². The molecule has 0 spiro atoms. The molecule has 132 valence electrons. The summed E-state index contributed by atoms with van der Waals surface area (Å²) in [4.78, 5) is 28.1. The highest BCUT2D eigenvalue weighted by atomic mass is 32.1. The molecule has 0 radical (unpaired) electrons. The number of ether oxygens (including phenoxy) is 1. The lowest BCUT2D eigenvalue weighted by atomic mass is 9.88. The second-order valence-electron chi connectivity index (χ2n) is 6.93. The topological polar surface area (TPSA) is 58.6 Å². The molecule has 3 rings (SSSR count). The van der Waals surface area contributed by atoms with Crippen molar-refractivity contribution in [1.29, 1.82) is 0 Å². The first-order chi connectivity index (χ1) is 11.6. The number of nitrogens with one attached hydrogen (secondary N) is 1. The molecule has 5 nitrogen and oxygen atoms in total. The maximum Gasteiger partial charge on any atom is 0.341 e.